The molecule has 1 heterocycles. The summed E-state index contributed by atoms with van der Waals surface area (Å²) in [6.07, 6.45) is 0.155. The van der Waals surface area contributed by atoms with Crippen LogP contribution < -0.4 is 15.5 Å². The van der Waals surface area contributed by atoms with Crippen molar-refractivity contribution in [3.05, 3.63) is 53.1 Å². The number of carbonyl (C=O) groups excluding carboxylic acids is 3. The lowest BCUT2D eigenvalue weighted by Crippen LogP contribution is -2.28. The highest BCUT2D eigenvalue weighted by Gasteiger charge is 2.35. The van der Waals surface area contributed by atoms with Crippen LogP contribution in [-0.4, -0.2) is 24.3 Å². The average Bonchev–Trinajstić information content (AvgIpc) is 3.00. The summed E-state index contributed by atoms with van der Waals surface area (Å²) in [5.74, 6) is -0.905. The number of amides is 3. The molecule has 7 heteroatoms. The molecule has 140 valence electrons. The van der Waals surface area contributed by atoms with E-state index in [1.807, 2.05) is 13.0 Å². The van der Waals surface area contributed by atoms with Crippen molar-refractivity contribution < 1.29 is 14.4 Å². The minimum Gasteiger partial charge on any atom is -0.326 e. The largest absolute Gasteiger partial charge is 0.326 e. The Bertz CT molecular complexity index is 896. The van der Waals surface area contributed by atoms with Gasteiger partial charge in [-0.1, -0.05) is 17.7 Å². The topological polar surface area (TPSA) is 78.5 Å². The molecule has 0 unspecified atom stereocenters. The summed E-state index contributed by atoms with van der Waals surface area (Å²) in [6.45, 7) is 3.60. The first-order valence-corrected chi connectivity index (χ1v) is 8.97. The Hall–Kier alpha value is -2.86. The molecule has 0 bridgehead atoms. The molecule has 0 radical (unpaired) electrons. The van der Waals surface area contributed by atoms with Crippen LogP contribution in [0.3, 0.4) is 0 Å². The van der Waals surface area contributed by atoms with Gasteiger partial charge in [0.05, 0.1) is 5.92 Å². The SMILES string of the molecule is CC(=O)Nc1ccc(NC(=O)[C@@H]2CC(=O)N(c3cccc(Cl)c3C)C2)cc1. The number of nitrogens with zero attached hydrogens (tertiary/aromatic N) is 1. The molecule has 2 aromatic carbocycles. The predicted molar refractivity (Wildman–Crippen MR) is 106 cm³/mol. The summed E-state index contributed by atoms with van der Waals surface area (Å²) in [6, 6.07) is 12.2. The number of carbonyl (C=O) groups is 3. The van der Waals surface area contributed by atoms with Gasteiger partial charge in [-0.2, -0.15) is 0 Å². The van der Waals surface area contributed by atoms with Gasteiger partial charge < -0.3 is 15.5 Å². The van der Waals surface area contributed by atoms with E-state index in [4.69, 9.17) is 11.6 Å². The second-order valence-corrected chi connectivity index (χ2v) is 6.94. The van der Waals surface area contributed by atoms with Gasteiger partial charge in [-0.15, -0.1) is 0 Å². The minimum atomic E-state index is -0.439. The fraction of sp³-hybridized carbons (Fsp3) is 0.250. The Morgan fingerprint density at radius 3 is 2.33 bits per heavy atom. The monoisotopic (exact) mass is 385 g/mol. The van der Waals surface area contributed by atoms with Gasteiger partial charge in [-0.3, -0.25) is 14.4 Å². The van der Waals surface area contributed by atoms with E-state index >= 15 is 0 Å². The zero-order valence-electron chi connectivity index (χ0n) is 15.1. The molecule has 0 aromatic heterocycles. The first-order chi connectivity index (χ1) is 12.8. The second kappa shape index (κ2) is 7.80. The summed E-state index contributed by atoms with van der Waals surface area (Å²) in [5, 5.41) is 6.08. The lowest BCUT2D eigenvalue weighted by molar-refractivity contribution is -0.122. The van der Waals surface area contributed by atoms with Crippen LogP contribution in [0.1, 0.15) is 18.9 Å². The van der Waals surface area contributed by atoms with Crippen LogP contribution >= 0.6 is 11.6 Å². The van der Waals surface area contributed by atoms with Crippen LogP contribution in [0.4, 0.5) is 17.1 Å². The number of hydrogen-bond acceptors (Lipinski definition) is 3. The molecule has 3 rings (SSSR count). The van der Waals surface area contributed by atoms with Crippen molar-refractivity contribution in [1.82, 2.24) is 0 Å². The van der Waals surface area contributed by atoms with Gasteiger partial charge in [0, 0.05) is 42.0 Å². The third-order valence-electron chi connectivity index (χ3n) is 4.50. The zero-order chi connectivity index (χ0) is 19.6. The average molecular weight is 386 g/mol. The molecule has 1 aliphatic rings. The second-order valence-electron chi connectivity index (χ2n) is 6.54. The van der Waals surface area contributed by atoms with Crippen molar-refractivity contribution in [2.45, 2.75) is 20.3 Å². The zero-order valence-corrected chi connectivity index (χ0v) is 15.8. The Balaban J connectivity index is 1.67. The lowest BCUT2D eigenvalue weighted by Gasteiger charge is -2.19. The third-order valence-corrected chi connectivity index (χ3v) is 4.91. The maximum atomic E-state index is 12.6. The highest BCUT2D eigenvalue weighted by Crippen LogP contribution is 2.31. The normalized spacial score (nSPS) is 16.3. The first-order valence-electron chi connectivity index (χ1n) is 8.59. The lowest BCUT2D eigenvalue weighted by atomic mass is 10.1. The smallest absolute Gasteiger partial charge is 0.229 e. The molecule has 1 atom stereocenters. The van der Waals surface area contributed by atoms with Crippen LogP contribution in [0.2, 0.25) is 5.02 Å². The number of rotatable bonds is 4. The highest BCUT2D eigenvalue weighted by molar-refractivity contribution is 6.31. The van der Waals surface area contributed by atoms with Crippen LogP contribution in [0.15, 0.2) is 42.5 Å². The van der Waals surface area contributed by atoms with Crippen LogP contribution in [-0.2, 0) is 14.4 Å². The molecule has 27 heavy (non-hydrogen) atoms. The highest BCUT2D eigenvalue weighted by atomic mass is 35.5. The van der Waals surface area contributed by atoms with Crippen LogP contribution in [0.5, 0.6) is 0 Å². The summed E-state index contributed by atoms with van der Waals surface area (Å²) in [5.41, 5.74) is 2.82. The maximum Gasteiger partial charge on any atom is 0.229 e. The van der Waals surface area contributed by atoms with Crippen molar-refractivity contribution >= 4 is 46.4 Å². The summed E-state index contributed by atoms with van der Waals surface area (Å²) < 4.78 is 0. The Morgan fingerprint density at radius 2 is 1.70 bits per heavy atom. The molecular formula is C20H20ClN3O3. The molecular weight excluding hydrogens is 366 g/mol. The number of benzene rings is 2. The first kappa shape index (κ1) is 18.9. The molecule has 1 aliphatic heterocycles. The van der Waals surface area contributed by atoms with Gasteiger partial charge >= 0.3 is 0 Å². The van der Waals surface area contributed by atoms with Crippen molar-refractivity contribution in [3.8, 4) is 0 Å². The Kier molecular flexibility index (Phi) is 5.46. The quantitative estimate of drug-likeness (QED) is 0.844. The van der Waals surface area contributed by atoms with E-state index in [0.29, 0.717) is 22.9 Å². The Labute approximate surface area is 162 Å². The standard InChI is InChI=1S/C20H20ClN3O3/c1-12-17(21)4-3-5-18(12)24-11-14(10-19(24)26)20(27)23-16-8-6-15(7-9-16)22-13(2)25/h3-9,14H,10-11H2,1-2H3,(H,22,25)(H,23,27)/t14-/m1/s1. The Morgan fingerprint density at radius 1 is 1.07 bits per heavy atom. The number of halogens is 1. The van der Waals surface area contributed by atoms with E-state index in [2.05, 4.69) is 10.6 Å². The number of hydrogen-bond donors (Lipinski definition) is 2. The molecule has 0 saturated carbocycles. The van der Waals surface area contributed by atoms with Crippen molar-refractivity contribution in [2.24, 2.45) is 5.92 Å². The van der Waals surface area contributed by atoms with Gasteiger partial charge in [0.1, 0.15) is 0 Å². The molecule has 1 fully saturated rings. The van der Waals surface area contributed by atoms with E-state index in [1.165, 1.54) is 6.92 Å². The number of nitrogens with one attached hydrogen (secondary N) is 2. The number of anilines is 3. The van der Waals surface area contributed by atoms with Gasteiger partial charge in [0.2, 0.25) is 17.7 Å². The summed E-state index contributed by atoms with van der Waals surface area (Å²) in [7, 11) is 0. The van der Waals surface area contributed by atoms with Gasteiger partial charge in [-0.25, -0.2) is 0 Å². The fourth-order valence-corrected chi connectivity index (χ4v) is 3.26. The molecule has 0 aliphatic carbocycles. The molecule has 2 aromatic rings. The van der Waals surface area contributed by atoms with E-state index in [1.54, 1.807) is 41.3 Å². The minimum absolute atomic E-state index is 0.0958. The van der Waals surface area contributed by atoms with Gasteiger partial charge in [-0.05, 0) is 48.9 Å². The van der Waals surface area contributed by atoms with Gasteiger partial charge in [0.15, 0.2) is 0 Å². The van der Waals surface area contributed by atoms with Crippen molar-refractivity contribution in [2.75, 3.05) is 22.1 Å². The molecule has 1 saturated heterocycles. The third kappa shape index (κ3) is 4.28. The van der Waals surface area contributed by atoms with E-state index < -0.39 is 5.92 Å². The van der Waals surface area contributed by atoms with Crippen molar-refractivity contribution in [3.63, 3.8) is 0 Å². The van der Waals surface area contributed by atoms with Crippen LogP contribution in [0.25, 0.3) is 0 Å². The van der Waals surface area contributed by atoms with Gasteiger partial charge in [0.25, 0.3) is 0 Å². The molecule has 3 amide bonds. The summed E-state index contributed by atoms with van der Waals surface area (Å²) in [4.78, 5) is 37.6. The van der Waals surface area contributed by atoms with E-state index in [9.17, 15) is 14.4 Å². The molecule has 0 spiro atoms. The van der Waals surface area contributed by atoms with Crippen molar-refractivity contribution in [1.29, 1.82) is 0 Å². The molecule has 2 N–H and O–H groups in total. The van der Waals surface area contributed by atoms with Crippen LogP contribution in [0, 0.1) is 12.8 Å². The maximum absolute atomic E-state index is 12.6. The predicted octanol–water partition coefficient (Wildman–Crippen LogP) is 3.60. The van der Waals surface area contributed by atoms with E-state index in [-0.39, 0.29) is 24.1 Å². The van der Waals surface area contributed by atoms with E-state index in [0.717, 1.165) is 11.3 Å². The molecule has 6 nitrogen and oxygen atoms in total. The fourth-order valence-electron chi connectivity index (χ4n) is 3.09. The summed E-state index contributed by atoms with van der Waals surface area (Å²) >= 11 is 6.15.